The van der Waals surface area contributed by atoms with E-state index in [-0.39, 0.29) is 17.4 Å². The number of nitrogens with one attached hydrogen (secondary N) is 1. The molecule has 0 radical (unpaired) electrons. The molecule has 7 nitrogen and oxygen atoms in total. The summed E-state index contributed by atoms with van der Waals surface area (Å²) < 4.78 is 2.89. The Balaban J connectivity index is 1.51. The third kappa shape index (κ3) is 5.24. The van der Waals surface area contributed by atoms with Gasteiger partial charge in [0.15, 0.2) is 11.0 Å². The van der Waals surface area contributed by atoms with Crippen molar-refractivity contribution < 1.29 is 9.90 Å². The van der Waals surface area contributed by atoms with Crippen molar-refractivity contribution in [3.8, 4) is 22.8 Å². The molecule has 0 saturated carbocycles. The molecule has 4 aromatic rings. The van der Waals surface area contributed by atoms with Gasteiger partial charge in [-0.1, -0.05) is 70.2 Å². The summed E-state index contributed by atoms with van der Waals surface area (Å²) in [6, 6.07) is 24.3. The number of hydrazone groups is 1. The van der Waals surface area contributed by atoms with E-state index in [0.29, 0.717) is 16.5 Å². The molecule has 0 aliphatic carbocycles. The number of aromatic nitrogens is 3. The predicted octanol–water partition coefficient (Wildman–Crippen LogP) is 4.64. The number of phenolic OH excluding ortho intramolecular Hbond substituents is 1. The summed E-state index contributed by atoms with van der Waals surface area (Å²) in [6.45, 7) is 0. The molecule has 1 amide bonds. The molecule has 4 rings (SSSR count). The van der Waals surface area contributed by atoms with Gasteiger partial charge in [0.25, 0.3) is 5.91 Å². The number of halogens is 1. The number of phenols is 1. The van der Waals surface area contributed by atoms with Crippen molar-refractivity contribution in [1.29, 1.82) is 0 Å². The van der Waals surface area contributed by atoms with Crippen LogP contribution in [-0.4, -0.2) is 37.7 Å². The van der Waals surface area contributed by atoms with Gasteiger partial charge in [0.05, 0.1) is 12.0 Å². The lowest BCUT2D eigenvalue weighted by Gasteiger charge is -2.10. The van der Waals surface area contributed by atoms with E-state index >= 15 is 0 Å². The van der Waals surface area contributed by atoms with Crippen LogP contribution < -0.4 is 5.43 Å². The van der Waals surface area contributed by atoms with Crippen LogP contribution in [0.1, 0.15) is 5.56 Å². The number of hydrogen-bond donors (Lipinski definition) is 2. The Morgan fingerprint density at radius 1 is 1.03 bits per heavy atom. The molecule has 0 spiro atoms. The molecule has 2 N–H and O–H groups in total. The number of carbonyl (C=O) groups excluding carboxylic acids is 1. The fraction of sp³-hybridized carbons (Fsp3) is 0.0435. The highest BCUT2D eigenvalue weighted by molar-refractivity contribution is 9.10. The van der Waals surface area contributed by atoms with E-state index in [1.165, 1.54) is 18.0 Å². The number of thioether (sulfide) groups is 1. The van der Waals surface area contributed by atoms with E-state index in [9.17, 15) is 9.90 Å². The summed E-state index contributed by atoms with van der Waals surface area (Å²) in [5.41, 5.74) is 4.79. The summed E-state index contributed by atoms with van der Waals surface area (Å²) in [7, 11) is 0. The van der Waals surface area contributed by atoms with Gasteiger partial charge in [-0.15, -0.1) is 10.2 Å². The molecule has 3 aromatic carbocycles. The first-order valence-corrected chi connectivity index (χ1v) is 11.4. The SMILES string of the molecule is O=C(CSc1nnc(-c2ccccc2)n1-c1ccc(Br)cc1)NN=Cc1ccccc1O. The molecule has 0 unspecified atom stereocenters. The third-order valence-corrected chi connectivity index (χ3v) is 5.87. The Morgan fingerprint density at radius 3 is 2.50 bits per heavy atom. The average molecular weight is 508 g/mol. The van der Waals surface area contributed by atoms with Crippen molar-refractivity contribution in [2.45, 2.75) is 5.16 Å². The topological polar surface area (TPSA) is 92.4 Å². The fourth-order valence-electron chi connectivity index (χ4n) is 2.89. The number of benzene rings is 3. The minimum absolute atomic E-state index is 0.0934. The highest BCUT2D eigenvalue weighted by Gasteiger charge is 2.17. The number of carbonyl (C=O) groups is 1. The standard InChI is InChI=1S/C23H18BrN5O2S/c24-18-10-12-19(13-11-18)29-22(16-6-2-1-3-7-16)27-28-23(29)32-15-21(31)26-25-14-17-8-4-5-9-20(17)30/h1-14,30H,15H2,(H,26,31). The number of nitrogens with zero attached hydrogens (tertiary/aromatic N) is 4. The first-order valence-electron chi connectivity index (χ1n) is 9.61. The Kier molecular flexibility index (Phi) is 6.98. The quantitative estimate of drug-likeness (QED) is 0.216. The van der Waals surface area contributed by atoms with Crippen LogP contribution in [0, 0.1) is 0 Å². The first kappa shape index (κ1) is 21.8. The van der Waals surface area contributed by atoms with Gasteiger partial charge < -0.3 is 5.11 Å². The largest absolute Gasteiger partial charge is 0.507 e. The third-order valence-electron chi connectivity index (χ3n) is 4.41. The molecule has 0 fully saturated rings. The number of amides is 1. The van der Waals surface area contributed by atoms with Gasteiger partial charge in [-0.25, -0.2) is 5.43 Å². The molecular formula is C23H18BrN5O2S. The van der Waals surface area contributed by atoms with Crippen LogP contribution in [0.2, 0.25) is 0 Å². The summed E-state index contributed by atoms with van der Waals surface area (Å²) >= 11 is 4.72. The number of hydrogen-bond acceptors (Lipinski definition) is 6. The molecule has 32 heavy (non-hydrogen) atoms. The molecule has 1 heterocycles. The number of para-hydroxylation sites is 1. The summed E-state index contributed by atoms with van der Waals surface area (Å²) in [5.74, 6) is 0.583. The van der Waals surface area contributed by atoms with E-state index in [1.807, 2.05) is 59.2 Å². The molecule has 1 aromatic heterocycles. The van der Waals surface area contributed by atoms with Gasteiger partial charge in [-0.3, -0.25) is 9.36 Å². The van der Waals surface area contributed by atoms with Crippen LogP contribution in [0.5, 0.6) is 5.75 Å². The van der Waals surface area contributed by atoms with E-state index in [2.05, 4.69) is 36.7 Å². The second kappa shape index (κ2) is 10.3. The van der Waals surface area contributed by atoms with E-state index in [4.69, 9.17) is 0 Å². The summed E-state index contributed by atoms with van der Waals surface area (Å²) in [5, 5.41) is 22.9. The molecule has 9 heteroatoms. The monoisotopic (exact) mass is 507 g/mol. The maximum Gasteiger partial charge on any atom is 0.250 e. The van der Waals surface area contributed by atoms with Crippen molar-refractivity contribution in [3.05, 3.63) is 88.9 Å². The molecule has 160 valence electrons. The number of rotatable bonds is 7. The maximum atomic E-state index is 12.3. The smallest absolute Gasteiger partial charge is 0.250 e. The van der Waals surface area contributed by atoms with Crippen LogP contribution in [-0.2, 0) is 4.79 Å². The lowest BCUT2D eigenvalue weighted by Crippen LogP contribution is -2.20. The molecule has 0 aliphatic heterocycles. The van der Waals surface area contributed by atoms with Crippen molar-refractivity contribution in [1.82, 2.24) is 20.2 Å². The van der Waals surface area contributed by atoms with E-state index in [1.54, 1.807) is 24.3 Å². The van der Waals surface area contributed by atoms with Gasteiger partial charge in [0.1, 0.15) is 5.75 Å². The fourth-order valence-corrected chi connectivity index (χ4v) is 3.90. The highest BCUT2D eigenvalue weighted by Crippen LogP contribution is 2.28. The average Bonchev–Trinajstić information content (AvgIpc) is 3.24. The zero-order chi connectivity index (χ0) is 22.3. The van der Waals surface area contributed by atoms with Crippen LogP contribution >= 0.6 is 27.7 Å². The normalized spacial score (nSPS) is 11.0. The second-order valence-corrected chi connectivity index (χ2v) is 8.48. The zero-order valence-corrected chi connectivity index (χ0v) is 19.1. The Hall–Kier alpha value is -3.43. The van der Waals surface area contributed by atoms with Gasteiger partial charge in [0, 0.05) is 21.3 Å². The number of aromatic hydroxyl groups is 1. The predicted molar refractivity (Wildman–Crippen MR) is 129 cm³/mol. The minimum atomic E-state index is -0.298. The van der Waals surface area contributed by atoms with Crippen molar-refractivity contribution in [2.75, 3.05) is 5.75 Å². The minimum Gasteiger partial charge on any atom is -0.507 e. The van der Waals surface area contributed by atoms with Crippen LogP contribution in [0.3, 0.4) is 0 Å². The Morgan fingerprint density at radius 2 is 1.75 bits per heavy atom. The van der Waals surface area contributed by atoms with Crippen molar-refractivity contribution >= 4 is 39.8 Å². The Labute approximate surface area is 197 Å². The van der Waals surface area contributed by atoms with Gasteiger partial charge in [0.2, 0.25) is 0 Å². The van der Waals surface area contributed by atoms with Gasteiger partial charge in [-0.05, 0) is 36.4 Å². The molecule has 0 bridgehead atoms. The first-order chi connectivity index (χ1) is 15.6. The summed E-state index contributed by atoms with van der Waals surface area (Å²) in [6.07, 6.45) is 1.40. The molecular weight excluding hydrogens is 490 g/mol. The van der Waals surface area contributed by atoms with Crippen LogP contribution in [0.15, 0.2) is 93.6 Å². The van der Waals surface area contributed by atoms with E-state index < -0.39 is 0 Å². The van der Waals surface area contributed by atoms with Gasteiger partial charge in [-0.2, -0.15) is 5.10 Å². The lowest BCUT2D eigenvalue weighted by atomic mass is 10.2. The maximum absolute atomic E-state index is 12.3. The van der Waals surface area contributed by atoms with Crippen LogP contribution in [0.25, 0.3) is 17.1 Å². The van der Waals surface area contributed by atoms with Crippen LogP contribution in [0.4, 0.5) is 0 Å². The molecule has 0 atom stereocenters. The highest BCUT2D eigenvalue weighted by atomic mass is 79.9. The lowest BCUT2D eigenvalue weighted by molar-refractivity contribution is -0.118. The second-order valence-electron chi connectivity index (χ2n) is 6.62. The van der Waals surface area contributed by atoms with Gasteiger partial charge >= 0.3 is 0 Å². The van der Waals surface area contributed by atoms with E-state index in [0.717, 1.165) is 15.7 Å². The van der Waals surface area contributed by atoms with Crippen molar-refractivity contribution in [3.63, 3.8) is 0 Å². The van der Waals surface area contributed by atoms with Crippen molar-refractivity contribution in [2.24, 2.45) is 5.10 Å². The zero-order valence-electron chi connectivity index (χ0n) is 16.7. The Bertz CT molecular complexity index is 1240. The summed E-state index contributed by atoms with van der Waals surface area (Å²) in [4.78, 5) is 12.3. The molecule has 0 aliphatic rings. The molecule has 0 saturated heterocycles.